The molecule has 1 fully saturated rings. The summed E-state index contributed by atoms with van der Waals surface area (Å²) in [6.07, 6.45) is 6.08. The normalized spacial score (nSPS) is 15.9. The summed E-state index contributed by atoms with van der Waals surface area (Å²) in [5.41, 5.74) is 1.51. The summed E-state index contributed by atoms with van der Waals surface area (Å²) in [5.74, 6) is 1.05. The maximum atomic E-state index is 13.2. The lowest BCUT2D eigenvalue weighted by molar-refractivity contribution is -0.123. The van der Waals surface area contributed by atoms with Crippen molar-refractivity contribution in [2.45, 2.75) is 37.8 Å². The number of halogens is 1. The maximum Gasteiger partial charge on any atom is 0.253 e. The first-order valence-corrected chi connectivity index (χ1v) is 13.5. The van der Waals surface area contributed by atoms with Gasteiger partial charge in [-0.3, -0.25) is 14.5 Å². The molecule has 0 aromatic heterocycles. The Morgan fingerprint density at radius 3 is 2.44 bits per heavy atom. The smallest absolute Gasteiger partial charge is 0.253 e. The van der Waals surface area contributed by atoms with Gasteiger partial charge in [0.2, 0.25) is 5.91 Å². The number of benzene rings is 2. The number of nitrogens with one attached hydrogen (secondary N) is 2. The summed E-state index contributed by atoms with van der Waals surface area (Å²) in [5, 5.41) is 6.38. The van der Waals surface area contributed by atoms with Crippen molar-refractivity contribution in [1.82, 2.24) is 15.5 Å². The molecule has 0 saturated carbocycles. The van der Waals surface area contributed by atoms with E-state index in [0.717, 1.165) is 43.0 Å². The van der Waals surface area contributed by atoms with Crippen LogP contribution in [0.2, 0.25) is 5.02 Å². The highest BCUT2D eigenvalue weighted by Crippen LogP contribution is 2.26. The van der Waals surface area contributed by atoms with E-state index in [1.165, 1.54) is 6.42 Å². The predicted octanol–water partition coefficient (Wildman–Crippen LogP) is 4.54. The van der Waals surface area contributed by atoms with Gasteiger partial charge < -0.3 is 15.4 Å². The molecule has 1 aliphatic rings. The molecule has 1 saturated heterocycles. The number of thioether (sulfide) groups is 1. The molecule has 0 bridgehead atoms. The SMILES string of the molecule is COc1ccc([C@H](CNC(=O)[C@H](CCSC)NC(=O)c2ccccc2Cl)N2CCCCC2)cc1. The number of hydrogen-bond donors (Lipinski definition) is 2. The van der Waals surface area contributed by atoms with Gasteiger partial charge in [0.25, 0.3) is 5.91 Å². The van der Waals surface area contributed by atoms with Gasteiger partial charge in [0.05, 0.1) is 23.7 Å². The number of piperidine rings is 1. The molecule has 2 atom stereocenters. The minimum Gasteiger partial charge on any atom is -0.497 e. The van der Waals surface area contributed by atoms with Gasteiger partial charge in [-0.2, -0.15) is 11.8 Å². The minimum absolute atomic E-state index is 0.0654. The zero-order valence-electron chi connectivity index (χ0n) is 19.9. The first-order chi connectivity index (χ1) is 16.5. The summed E-state index contributed by atoms with van der Waals surface area (Å²) >= 11 is 7.83. The number of likely N-dealkylation sites (tertiary alicyclic amines) is 1. The topological polar surface area (TPSA) is 70.7 Å². The number of carbonyl (C=O) groups is 2. The second kappa shape index (κ2) is 13.6. The predicted molar refractivity (Wildman–Crippen MR) is 140 cm³/mol. The highest BCUT2D eigenvalue weighted by Gasteiger charge is 2.26. The van der Waals surface area contributed by atoms with Crippen LogP contribution in [-0.4, -0.2) is 61.5 Å². The lowest BCUT2D eigenvalue weighted by Crippen LogP contribution is -2.49. The van der Waals surface area contributed by atoms with Crippen molar-refractivity contribution in [1.29, 1.82) is 0 Å². The van der Waals surface area contributed by atoms with Crippen LogP contribution in [0, 0.1) is 0 Å². The van der Waals surface area contributed by atoms with E-state index in [2.05, 4.69) is 27.7 Å². The Morgan fingerprint density at radius 2 is 1.79 bits per heavy atom. The number of rotatable bonds is 11. The number of ether oxygens (including phenoxy) is 1. The molecule has 6 nitrogen and oxygen atoms in total. The van der Waals surface area contributed by atoms with E-state index >= 15 is 0 Å². The molecule has 0 unspecified atom stereocenters. The lowest BCUT2D eigenvalue weighted by Gasteiger charge is -2.35. The largest absolute Gasteiger partial charge is 0.497 e. The van der Waals surface area contributed by atoms with E-state index in [1.54, 1.807) is 43.1 Å². The van der Waals surface area contributed by atoms with E-state index in [0.29, 0.717) is 23.6 Å². The van der Waals surface area contributed by atoms with Crippen LogP contribution in [0.5, 0.6) is 5.75 Å². The molecular formula is C26H34ClN3O3S. The van der Waals surface area contributed by atoms with Crippen molar-refractivity contribution >= 4 is 35.2 Å². The maximum absolute atomic E-state index is 13.2. The molecule has 2 aromatic rings. The van der Waals surface area contributed by atoms with Crippen LogP contribution in [-0.2, 0) is 4.79 Å². The molecule has 0 aliphatic carbocycles. The molecule has 0 radical (unpaired) electrons. The minimum atomic E-state index is -0.630. The Labute approximate surface area is 211 Å². The van der Waals surface area contributed by atoms with E-state index in [4.69, 9.17) is 16.3 Å². The molecule has 2 aromatic carbocycles. The Morgan fingerprint density at radius 1 is 1.09 bits per heavy atom. The number of amides is 2. The van der Waals surface area contributed by atoms with Crippen molar-refractivity contribution < 1.29 is 14.3 Å². The van der Waals surface area contributed by atoms with Crippen LogP contribution < -0.4 is 15.4 Å². The molecule has 8 heteroatoms. The summed E-state index contributed by atoms with van der Waals surface area (Å²) in [7, 11) is 1.66. The van der Waals surface area contributed by atoms with Gasteiger partial charge in [0.1, 0.15) is 11.8 Å². The van der Waals surface area contributed by atoms with Crippen LogP contribution in [0.4, 0.5) is 0 Å². The Balaban J connectivity index is 1.70. The molecule has 34 heavy (non-hydrogen) atoms. The fourth-order valence-corrected chi connectivity index (χ4v) is 4.91. The zero-order chi connectivity index (χ0) is 24.3. The number of nitrogens with zero attached hydrogens (tertiary/aromatic N) is 1. The fraction of sp³-hybridized carbons (Fsp3) is 0.462. The summed E-state index contributed by atoms with van der Waals surface area (Å²) < 4.78 is 5.31. The van der Waals surface area contributed by atoms with Gasteiger partial charge in [-0.05, 0) is 74.2 Å². The monoisotopic (exact) mass is 503 g/mol. The number of hydrogen-bond acceptors (Lipinski definition) is 5. The molecule has 184 valence electrons. The van der Waals surface area contributed by atoms with Crippen molar-refractivity contribution in [3.63, 3.8) is 0 Å². The van der Waals surface area contributed by atoms with Crippen LogP contribution in [0.1, 0.15) is 47.6 Å². The molecule has 2 N–H and O–H groups in total. The van der Waals surface area contributed by atoms with Gasteiger partial charge >= 0.3 is 0 Å². The Bertz CT molecular complexity index is 935. The van der Waals surface area contributed by atoms with Gasteiger partial charge in [0.15, 0.2) is 0 Å². The van der Waals surface area contributed by atoms with Crippen LogP contribution >= 0.6 is 23.4 Å². The second-order valence-electron chi connectivity index (χ2n) is 8.42. The van der Waals surface area contributed by atoms with Gasteiger partial charge in [-0.25, -0.2) is 0 Å². The van der Waals surface area contributed by atoms with Crippen molar-refractivity contribution in [3.8, 4) is 5.75 Å². The van der Waals surface area contributed by atoms with Crippen LogP contribution in [0.15, 0.2) is 48.5 Å². The van der Waals surface area contributed by atoms with Gasteiger partial charge in [-0.15, -0.1) is 0 Å². The van der Waals surface area contributed by atoms with Crippen LogP contribution in [0.25, 0.3) is 0 Å². The second-order valence-corrected chi connectivity index (χ2v) is 9.81. The highest BCUT2D eigenvalue weighted by molar-refractivity contribution is 7.98. The molecule has 1 heterocycles. The quantitative estimate of drug-likeness (QED) is 0.471. The summed E-state index contributed by atoms with van der Waals surface area (Å²) in [4.78, 5) is 28.5. The first-order valence-electron chi connectivity index (χ1n) is 11.7. The third kappa shape index (κ3) is 7.39. The molecule has 2 amide bonds. The van der Waals surface area contributed by atoms with E-state index in [1.807, 2.05) is 18.4 Å². The van der Waals surface area contributed by atoms with Crippen molar-refractivity contribution in [3.05, 3.63) is 64.7 Å². The van der Waals surface area contributed by atoms with Gasteiger partial charge in [0, 0.05) is 6.54 Å². The summed E-state index contributed by atoms with van der Waals surface area (Å²) in [6, 6.07) is 14.3. The third-order valence-electron chi connectivity index (χ3n) is 6.15. The first kappa shape index (κ1) is 26.4. The third-order valence-corrected chi connectivity index (χ3v) is 7.13. The fourth-order valence-electron chi connectivity index (χ4n) is 4.22. The van der Waals surface area contributed by atoms with E-state index in [9.17, 15) is 9.59 Å². The Hall–Kier alpha value is -2.22. The number of methoxy groups -OCH3 is 1. The Kier molecular flexibility index (Phi) is 10.6. The van der Waals surface area contributed by atoms with E-state index in [-0.39, 0.29) is 17.9 Å². The summed E-state index contributed by atoms with van der Waals surface area (Å²) in [6.45, 7) is 2.49. The van der Waals surface area contributed by atoms with Gasteiger partial charge in [-0.1, -0.05) is 42.3 Å². The number of carbonyl (C=O) groups excluding carboxylic acids is 2. The average Bonchev–Trinajstić information content (AvgIpc) is 2.87. The van der Waals surface area contributed by atoms with E-state index < -0.39 is 6.04 Å². The average molecular weight is 504 g/mol. The standard InChI is InChI=1S/C26H34ClN3O3S/c1-33-20-12-10-19(11-13-20)24(30-15-6-3-7-16-30)18-28-26(32)23(14-17-34-2)29-25(31)21-8-4-5-9-22(21)27/h4-5,8-13,23-24H,3,6-7,14-18H2,1-2H3,(H,28,32)(H,29,31)/t23-,24-/m0/s1. The lowest BCUT2D eigenvalue weighted by atomic mass is 10.0. The highest BCUT2D eigenvalue weighted by atomic mass is 35.5. The van der Waals surface area contributed by atoms with Crippen molar-refractivity contribution in [2.24, 2.45) is 0 Å². The molecule has 1 aliphatic heterocycles. The molecular weight excluding hydrogens is 470 g/mol. The molecule has 3 rings (SSSR count). The van der Waals surface area contributed by atoms with Crippen molar-refractivity contribution in [2.75, 3.05) is 38.8 Å². The zero-order valence-corrected chi connectivity index (χ0v) is 21.5. The van der Waals surface area contributed by atoms with Crippen LogP contribution in [0.3, 0.4) is 0 Å². The molecule has 0 spiro atoms.